The van der Waals surface area contributed by atoms with E-state index in [1.165, 1.54) is 32.1 Å². The van der Waals surface area contributed by atoms with Gasteiger partial charge in [0.1, 0.15) is 0 Å². The summed E-state index contributed by atoms with van der Waals surface area (Å²) in [4.78, 5) is 33.5. The summed E-state index contributed by atoms with van der Waals surface area (Å²) in [5.74, 6) is 1.66. The Bertz CT molecular complexity index is 657. The minimum Gasteiger partial charge on any atom is -0.339 e. The number of hydrogen-bond donors (Lipinski definition) is 0. The van der Waals surface area contributed by atoms with Crippen LogP contribution in [0.4, 0.5) is 0 Å². The van der Waals surface area contributed by atoms with E-state index in [2.05, 4.69) is 9.88 Å². The molecule has 0 N–H and O–H groups in total. The van der Waals surface area contributed by atoms with Crippen molar-refractivity contribution in [2.45, 2.75) is 63.8 Å². The van der Waals surface area contributed by atoms with Crippen LogP contribution in [-0.2, 0) is 4.79 Å². The van der Waals surface area contributed by atoms with Gasteiger partial charge >= 0.3 is 0 Å². The number of carbonyl (C=O) groups excluding carboxylic acids is 2. The first-order valence-corrected chi connectivity index (χ1v) is 10.7. The van der Waals surface area contributed by atoms with Crippen LogP contribution in [-0.4, -0.2) is 52.3 Å². The average molecular weight is 370 g/mol. The van der Waals surface area contributed by atoms with E-state index in [4.69, 9.17) is 0 Å². The first kappa shape index (κ1) is 18.5. The van der Waals surface area contributed by atoms with Gasteiger partial charge in [-0.15, -0.1) is 0 Å². The molecule has 4 rings (SSSR count). The Balaban J connectivity index is 1.37. The van der Waals surface area contributed by atoms with Crippen molar-refractivity contribution in [3.63, 3.8) is 0 Å². The van der Waals surface area contributed by atoms with E-state index in [9.17, 15) is 9.59 Å². The van der Waals surface area contributed by atoms with Crippen LogP contribution in [0.25, 0.3) is 0 Å². The summed E-state index contributed by atoms with van der Waals surface area (Å²) in [6, 6.07) is 3.90. The molecule has 2 aliphatic heterocycles. The summed E-state index contributed by atoms with van der Waals surface area (Å²) < 4.78 is 0. The SMILES string of the molecule is O=C(c1ccncc1)N1CC[C@H]2[C@H](CCC(=O)N2CCC2CCCCC2)C1. The first-order valence-electron chi connectivity index (χ1n) is 10.7. The van der Waals surface area contributed by atoms with E-state index in [0.717, 1.165) is 44.8 Å². The summed E-state index contributed by atoms with van der Waals surface area (Å²) >= 11 is 0. The standard InChI is InChI=1S/C22H31N3O2/c26-21-7-6-19-16-24(22(27)18-8-12-23-13-9-18)14-11-20(19)25(21)15-10-17-4-2-1-3-5-17/h8-9,12-13,17,19-20H,1-7,10-11,14-16H2/t19-,20+/m1/s1. The maximum absolute atomic E-state index is 12.8. The van der Waals surface area contributed by atoms with Gasteiger partial charge in [-0.3, -0.25) is 14.6 Å². The molecule has 2 atom stereocenters. The summed E-state index contributed by atoms with van der Waals surface area (Å²) in [6.45, 7) is 2.44. The Morgan fingerprint density at radius 3 is 2.63 bits per heavy atom. The molecule has 0 radical (unpaired) electrons. The number of hydrogen-bond acceptors (Lipinski definition) is 3. The number of nitrogens with zero attached hydrogens (tertiary/aromatic N) is 3. The van der Waals surface area contributed by atoms with Crippen LogP contribution in [0.15, 0.2) is 24.5 Å². The molecule has 1 aromatic heterocycles. The summed E-state index contributed by atoms with van der Waals surface area (Å²) in [7, 11) is 0. The molecule has 0 spiro atoms. The summed E-state index contributed by atoms with van der Waals surface area (Å²) in [6.07, 6.45) is 13.8. The highest BCUT2D eigenvalue weighted by Crippen LogP contribution is 2.33. The molecule has 1 aromatic rings. The second kappa shape index (κ2) is 8.41. The van der Waals surface area contributed by atoms with E-state index < -0.39 is 0 Å². The van der Waals surface area contributed by atoms with Crippen LogP contribution in [0.1, 0.15) is 68.1 Å². The second-order valence-electron chi connectivity index (χ2n) is 8.52. The zero-order chi connectivity index (χ0) is 18.6. The number of piperidine rings is 2. The molecule has 5 heteroatoms. The maximum atomic E-state index is 12.8. The molecule has 3 fully saturated rings. The van der Waals surface area contributed by atoms with E-state index >= 15 is 0 Å². The van der Waals surface area contributed by atoms with E-state index in [-0.39, 0.29) is 5.91 Å². The lowest BCUT2D eigenvalue weighted by Gasteiger charge is -2.47. The van der Waals surface area contributed by atoms with Crippen molar-refractivity contribution in [1.29, 1.82) is 0 Å². The predicted octanol–water partition coefficient (Wildman–Crippen LogP) is 3.51. The van der Waals surface area contributed by atoms with Crippen molar-refractivity contribution in [3.8, 4) is 0 Å². The van der Waals surface area contributed by atoms with E-state index in [1.807, 2.05) is 4.90 Å². The molecule has 0 bridgehead atoms. The fourth-order valence-electron chi connectivity index (χ4n) is 5.30. The number of likely N-dealkylation sites (tertiary alicyclic amines) is 2. The van der Waals surface area contributed by atoms with Crippen molar-refractivity contribution < 1.29 is 9.59 Å². The van der Waals surface area contributed by atoms with Crippen LogP contribution in [0.5, 0.6) is 0 Å². The Labute approximate surface area is 162 Å². The Morgan fingerprint density at radius 1 is 1.07 bits per heavy atom. The van der Waals surface area contributed by atoms with Crippen molar-refractivity contribution in [2.24, 2.45) is 11.8 Å². The second-order valence-corrected chi connectivity index (χ2v) is 8.52. The third-order valence-corrected chi connectivity index (χ3v) is 6.86. The summed E-state index contributed by atoms with van der Waals surface area (Å²) in [5.41, 5.74) is 0.712. The number of rotatable bonds is 4. The number of fused-ring (bicyclic) bond motifs is 1. The molecule has 27 heavy (non-hydrogen) atoms. The van der Waals surface area contributed by atoms with Crippen LogP contribution < -0.4 is 0 Å². The minimum atomic E-state index is 0.0986. The first-order chi connectivity index (χ1) is 13.2. The minimum absolute atomic E-state index is 0.0986. The van der Waals surface area contributed by atoms with Crippen LogP contribution in [0, 0.1) is 11.8 Å². The molecule has 2 saturated heterocycles. The summed E-state index contributed by atoms with van der Waals surface area (Å²) in [5, 5.41) is 0. The van der Waals surface area contributed by atoms with E-state index in [0.29, 0.717) is 29.9 Å². The highest BCUT2D eigenvalue weighted by atomic mass is 16.2. The smallest absolute Gasteiger partial charge is 0.253 e. The molecule has 3 aliphatic rings. The monoisotopic (exact) mass is 369 g/mol. The van der Waals surface area contributed by atoms with Gasteiger partial charge in [0, 0.05) is 50.1 Å². The van der Waals surface area contributed by atoms with Crippen LogP contribution >= 0.6 is 0 Å². The molecule has 0 aromatic carbocycles. The molecule has 1 saturated carbocycles. The van der Waals surface area contributed by atoms with Crippen LogP contribution in [0.3, 0.4) is 0 Å². The molecule has 3 heterocycles. The molecular weight excluding hydrogens is 338 g/mol. The third-order valence-electron chi connectivity index (χ3n) is 6.86. The Morgan fingerprint density at radius 2 is 1.85 bits per heavy atom. The zero-order valence-corrected chi connectivity index (χ0v) is 16.2. The normalized spacial score (nSPS) is 26.7. The highest BCUT2D eigenvalue weighted by Gasteiger charge is 2.40. The molecule has 2 amide bonds. The number of pyridine rings is 1. The Hall–Kier alpha value is -1.91. The number of aromatic nitrogens is 1. The fraction of sp³-hybridized carbons (Fsp3) is 0.682. The molecule has 1 aliphatic carbocycles. The lowest BCUT2D eigenvalue weighted by Crippen LogP contribution is -2.57. The third kappa shape index (κ3) is 4.17. The molecule has 5 nitrogen and oxygen atoms in total. The van der Waals surface area contributed by atoms with Gasteiger partial charge in [-0.2, -0.15) is 0 Å². The molecular formula is C22H31N3O2. The largest absolute Gasteiger partial charge is 0.339 e. The van der Waals surface area contributed by atoms with Gasteiger partial charge in [0.2, 0.25) is 5.91 Å². The molecule has 146 valence electrons. The zero-order valence-electron chi connectivity index (χ0n) is 16.2. The Kier molecular flexibility index (Phi) is 5.74. The lowest BCUT2D eigenvalue weighted by atomic mass is 9.82. The highest BCUT2D eigenvalue weighted by molar-refractivity contribution is 5.94. The van der Waals surface area contributed by atoms with Gasteiger partial charge in [0.15, 0.2) is 0 Å². The van der Waals surface area contributed by atoms with Crippen molar-refractivity contribution in [3.05, 3.63) is 30.1 Å². The van der Waals surface area contributed by atoms with Gasteiger partial charge in [0.25, 0.3) is 5.91 Å². The average Bonchev–Trinajstić information content (AvgIpc) is 2.73. The van der Waals surface area contributed by atoms with E-state index in [1.54, 1.807) is 24.5 Å². The van der Waals surface area contributed by atoms with Gasteiger partial charge in [-0.05, 0) is 43.2 Å². The fourth-order valence-corrected chi connectivity index (χ4v) is 5.30. The maximum Gasteiger partial charge on any atom is 0.253 e. The quantitative estimate of drug-likeness (QED) is 0.816. The topological polar surface area (TPSA) is 53.5 Å². The van der Waals surface area contributed by atoms with Crippen molar-refractivity contribution in [1.82, 2.24) is 14.8 Å². The molecule has 0 unspecified atom stereocenters. The van der Waals surface area contributed by atoms with Gasteiger partial charge in [-0.25, -0.2) is 0 Å². The van der Waals surface area contributed by atoms with Crippen molar-refractivity contribution >= 4 is 11.8 Å². The van der Waals surface area contributed by atoms with Gasteiger partial charge in [-0.1, -0.05) is 32.1 Å². The van der Waals surface area contributed by atoms with Crippen molar-refractivity contribution in [2.75, 3.05) is 19.6 Å². The van der Waals surface area contributed by atoms with Crippen LogP contribution in [0.2, 0.25) is 0 Å². The predicted molar refractivity (Wildman–Crippen MR) is 104 cm³/mol. The number of carbonyl (C=O) groups is 2. The van der Waals surface area contributed by atoms with Gasteiger partial charge in [0.05, 0.1) is 0 Å². The van der Waals surface area contributed by atoms with Gasteiger partial charge < -0.3 is 9.80 Å². The number of amides is 2. The lowest BCUT2D eigenvalue weighted by molar-refractivity contribution is -0.140.